The Bertz CT molecular complexity index is 646. The highest BCUT2D eigenvalue weighted by Crippen LogP contribution is 2.11. The quantitative estimate of drug-likeness (QED) is 0.482. The molecule has 1 heterocycles. The van der Waals surface area contributed by atoms with E-state index in [0.717, 1.165) is 7.14 Å². The Balaban J connectivity index is 2.00. The van der Waals surface area contributed by atoms with Crippen LogP contribution < -0.4 is 10.6 Å². The predicted octanol–water partition coefficient (Wildman–Crippen LogP) is 3.42. The highest BCUT2D eigenvalue weighted by Gasteiger charge is 2.10. The largest absolute Gasteiger partial charge is 0.317 e. The van der Waals surface area contributed by atoms with Gasteiger partial charge in [0.2, 0.25) is 0 Å². The molecule has 7 heteroatoms. The lowest BCUT2D eigenvalue weighted by molar-refractivity contribution is 0.0977. The van der Waals surface area contributed by atoms with E-state index in [1.807, 2.05) is 24.3 Å². The van der Waals surface area contributed by atoms with Crippen LogP contribution >= 0.6 is 57.4 Å². The number of halogens is 2. The highest BCUT2D eigenvalue weighted by molar-refractivity contribution is 14.1. The van der Waals surface area contributed by atoms with Gasteiger partial charge in [0.1, 0.15) is 5.82 Å². The minimum Gasteiger partial charge on any atom is -0.317 e. The van der Waals surface area contributed by atoms with Crippen molar-refractivity contribution in [3.05, 3.63) is 55.3 Å². The van der Waals surface area contributed by atoms with E-state index >= 15 is 0 Å². The molecule has 0 saturated heterocycles. The number of nitrogens with zero attached hydrogens (tertiary/aromatic N) is 1. The molecule has 0 unspecified atom stereocenters. The molecule has 0 saturated carbocycles. The summed E-state index contributed by atoms with van der Waals surface area (Å²) < 4.78 is 1.90. The zero-order valence-corrected chi connectivity index (χ0v) is 15.2. The number of benzene rings is 1. The smallest absolute Gasteiger partial charge is 0.258 e. The lowest BCUT2D eigenvalue weighted by atomic mass is 10.2. The van der Waals surface area contributed by atoms with Crippen molar-refractivity contribution in [1.29, 1.82) is 0 Å². The second kappa shape index (κ2) is 7.27. The van der Waals surface area contributed by atoms with Gasteiger partial charge in [0.25, 0.3) is 5.91 Å². The number of carbonyl (C=O) groups is 1. The van der Waals surface area contributed by atoms with Gasteiger partial charge in [-0.25, -0.2) is 4.98 Å². The van der Waals surface area contributed by atoms with Crippen LogP contribution in [0.25, 0.3) is 0 Å². The number of rotatable bonds is 2. The summed E-state index contributed by atoms with van der Waals surface area (Å²) >= 11 is 9.38. The number of hydrogen-bond acceptors (Lipinski definition) is 3. The third-order valence-corrected chi connectivity index (χ3v) is 4.10. The van der Waals surface area contributed by atoms with Gasteiger partial charge in [-0.1, -0.05) is 12.1 Å². The van der Waals surface area contributed by atoms with Crippen molar-refractivity contribution >= 4 is 74.2 Å². The lowest BCUT2D eigenvalue weighted by Crippen LogP contribution is -2.34. The topological polar surface area (TPSA) is 54.0 Å². The van der Waals surface area contributed by atoms with Crippen molar-refractivity contribution in [2.24, 2.45) is 0 Å². The zero-order chi connectivity index (χ0) is 14.5. The molecule has 0 aliphatic carbocycles. The maximum Gasteiger partial charge on any atom is 0.258 e. The molecule has 0 fully saturated rings. The minimum atomic E-state index is -0.238. The summed E-state index contributed by atoms with van der Waals surface area (Å²) in [6, 6.07) is 11.0. The van der Waals surface area contributed by atoms with Crippen molar-refractivity contribution in [3.63, 3.8) is 0 Å². The molecule has 2 rings (SSSR count). The van der Waals surface area contributed by atoms with Gasteiger partial charge < -0.3 is 5.32 Å². The Hall–Kier alpha value is -0.810. The summed E-state index contributed by atoms with van der Waals surface area (Å²) in [7, 11) is 0. The number of amides is 1. The molecule has 0 spiro atoms. The Labute approximate surface area is 149 Å². The summed E-state index contributed by atoms with van der Waals surface area (Å²) in [6.07, 6.45) is 1.72. The number of anilines is 1. The zero-order valence-electron chi connectivity index (χ0n) is 10.1. The first kappa shape index (κ1) is 15.6. The van der Waals surface area contributed by atoms with Crippen LogP contribution in [0, 0.1) is 7.14 Å². The van der Waals surface area contributed by atoms with Crippen molar-refractivity contribution in [2.75, 3.05) is 5.32 Å². The molecule has 1 aromatic carbocycles. The second-order valence-electron chi connectivity index (χ2n) is 3.75. The van der Waals surface area contributed by atoms with E-state index in [-0.39, 0.29) is 11.0 Å². The molecule has 2 aromatic rings. The fourth-order valence-electron chi connectivity index (χ4n) is 1.41. The molecule has 0 radical (unpaired) electrons. The van der Waals surface area contributed by atoms with Gasteiger partial charge in [0, 0.05) is 13.3 Å². The standard InChI is InChI=1S/C13H9I2N3OS/c14-8-5-6-11(16-7-8)17-13(20)18-12(19)9-3-1-2-4-10(9)15/h1-7H,(H2,16,17,18,19,20). The van der Waals surface area contributed by atoms with Crippen LogP contribution in [0.1, 0.15) is 10.4 Å². The van der Waals surface area contributed by atoms with E-state index in [0.29, 0.717) is 11.4 Å². The highest BCUT2D eigenvalue weighted by atomic mass is 127. The Kier molecular flexibility index (Phi) is 5.66. The Morgan fingerprint density at radius 1 is 1.15 bits per heavy atom. The average Bonchev–Trinajstić information content (AvgIpc) is 2.41. The van der Waals surface area contributed by atoms with Gasteiger partial charge in [-0.2, -0.15) is 0 Å². The number of aromatic nitrogens is 1. The van der Waals surface area contributed by atoms with Crippen molar-refractivity contribution in [2.45, 2.75) is 0 Å². The van der Waals surface area contributed by atoms with Crippen LogP contribution in [0.4, 0.5) is 5.82 Å². The van der Waals surface area contributed by atoms with Crippen molar-refractivity contribution in [3.8, 4) is 0 Å². The monoisotopic (exact) mass is 509 g/mol. The molecule has 0 aliphatic heterocycles. The Morgan fingerprint density at radius 3 is 2.55 bits per heavy atom. The van der Waals surface area contributed by atoms with E-state index in [1.165, 1.54) is 0 Å². The van der Waals surface area contributed by atoms with E-state index in [9.17, 15) is 4.79 Å². The van der Waals surface area contributed by atoms with Crippen LogP contribution in [0.3, 0.4) is 0 Å². The van der Waals surface area contributed by atoms with E-state index in [2.05, 4.69) is 60.8 Å². The molecule has 0 atom stereocenters. The van der Waals surface area contributed by atoms with E-state index in [1.54, 1.807) is 18.3 Å². The molecule has 0 bridgehead atoms. The van der Waals surface area contributed by atoms with E-state index < -0.39 is 0 Å². The Morgan fingerprint density at radius 2 is 1.90 bits per heavy atom. The SMILES string of the molecule is O=C(NC(=S)Nc1ccc(I)cn1)c1ccccc1I. The van der Waals surface area contributed by atoms with Gasteiger partial charge in [-0.3, -0.25) is 10.1 Å². The van der Waals surface area contributed by atoms with Crippen LogP contribution in [-0.2, 0) is 0 Å². The summed E-state index contributed by atoms with van der Waals surface area (Å²) in [4.78, 5) is 16.2. The predicted molar refractivity (Wildman–Crippen MR) is 99.8 cm³/mol. The number of pyridine rings is 1. The molecule has 4 nitrogen and oxygen atoms in total. The van der Waals surface area contributed by atoms with Gasteiger partial charge in [-0.05, 0) is 81.7 Å². The molecule has 1 amide bonds. The van der Waals surface area contributed by atoms with Crippen molar-refractivity contribution < 1.29 is 4.79 Å². The number of thiocarbonyl (C=S) groups is 1. The van der Waals surface area contributed by atoms with Crippen LogP contribution in [0.5, 0.6) is 0 Å². The fourth-order valence-corrected chi connectivity index (χ4v) is 2.56. The summed E-state index contributed by atoms with van der Waals surface area (Å²) in [5.41, 5.74) is 0.591. The first-order valence-electron chi connectivity index (χ1n) is 5.54. The molecule has 0 aliphatic rings. The first-order chi connectivity index (χ1) is 9.56. The maximum atomic E-state index is 12.1. The molecule has 20 heavy (non-hydrogen) atoms. The minimum absolute atomic E-state index is 0.225. The summed E-state index contributed by atoms with van der Waals surface area (Å²) in [6.45, 7) is 0. The fraction of sp³-hybridized carbons (Fsp3) is 0. The summed E-state index contributed by atoms with van der Waals surface area (Å²) in [5.74, 6) is 0.358. The number of carbonyl (C=O) groups excluding carboxylic acids is 1. The van der Waals surface area contributed by atoms with Crippen LogP contribution in [0.2, 0.25) is 0 Å². The maximum absolute atomic E-state index is 12.1. The van der Waals surface area contributed by atoms with Gasteiger partial charge >= 0.3 is 0 Å². The van der Waals surface area contributed by atoms with Crippen LogP contribution in [0.15, 0.2) is 42.6 Å². The van der Waals surface area contributed by atoms with Gasteiger partial charge in [0.05, 0.1) is 5.56 Å². The normalized spacial score (nSPS) is 9.90. The molecule has 102 valence electrons. The molecule has 2 N–H and O–H groups in total. The average molecular weight is 509 g/mol. The number of hydrogen-bond donors (Lipinski definition) is 2. The van der Waals surface area contributed by atoms with E-state index in [4.69, 9.17) is 12.2 Å². The van der Waals surface area contributed by atoms with Gasteiger partial charge in [0.15, 0.2) is 5.11 Å². The van der Waals surface area contributed by atoms with Gasteiger partial charge in [-0.15, -0.1) is 0 Å². The third kappa shape index (κ3) is 4.35. The molecule has 1 aromatic heterocycles. The van der Waals surface area contributed by atoms with Crippen LogP contribution in [-0.4, -0.2) is 16.0 Å². The number of nitrogens with one attached hydrogen (secondary N) is 2. The first-order valence-corrected chi connectivity index (χ1v) is 8.11. The summed E-state index contributed by atoms with van der Waals surface area (Å²) in [5, 5.41) is 5.73. The van der Waals surface area contributed by atoms with Crippen molar-refractivity contribution in [1.82, 2.24) is 10.3 Å². The molecular formula is C13H9I2N3OS. The lowest BCUT2D eigenvalue weighted by Gasteiger charge is -2.09. The second-order valence-corrected chi connectivity index (χ2v) is 6.57. The third-order valence-electron chi connectivity index (χ3n) is 2.31. The molecular weight excluding hydrogens is 500 g/mol.